The van der Waals surface area contributed by atoms with Gasteiger partial charge in [0.2, 0.25) is 0 Å². The van der Waals surface area contributed by atoms with Crippen LogP contribution in [-0.4, -0.2) is 25.8 Å². The van der Waals surface area contributed by atoms with Crippen LogP contribution in [0.25, 0.3) is 0 Å². The fraction of sp³-hybridized carbons (Fsp3) is 0.647. The Kier molecular flexibility index (Phi) is 4.39. The van der Waals surface area contributed by atoms with Crippen LogP contribution in [0.4, 0.5) is 0 Å². The molecular formula is C17H25NO2. The average molecular weight is 275 g/mol. The minimum Gasteiger partial charge on any atom is -0.380 e. The lowest BCUT2D eigenvalue weighted by atomic mass is 9.83. The number of ether oxygens (including phenoxy) is 2. The van der Waals surface area contributed by atoms with Crippen LogP contribution in [0.15, 0.2) is 24.3 Å². The van der Waals surface area contributed by atoms with E-state index in [0.29, 0.717) is 6.61 Å². The highest BCUT2D eigenvalue weighted by Crippen LogP contribution is 2.37. The molecule has 20 heavy (non-hydrogen) atoms. The molecule has 1 saturated carbocycles. The van der Waals surface area contributed by atoms with Gasteiger partial charge in [0.05, 0.1) is 18.3 Å². The van der Waals surface area contributed by atoms with E-state index in [9.17, 15) is 0 Å². The number of morpholine rings is 1. The molecule has 1 unspecified atom stereocenters. The van der Waals surface area contributed by atoms with Gasteiger partial charge < -0.3 is 14.8 Å². The fourth-order valence-electron chi connectivity index (χ4n) is 3.54. The molecule has 1 heterocycles. The number of benzene rings is 1. The molecule has 1 atom stereocenters. The third-order valence-electron chi connectivity index (χ3n) is 4.57. The molecule has 1 aromatic carbocycles. The predicted octanol–water partition coefficient (Wildman–Crippen LogP) is 3.20. The van der Waals surface area contributed by atoms with Gasteiger partial charge in [-0.3, -0.25) is 0 Å². The van der Waals surface area contributed by atoms with Crippen LogP contribution in [0, 0.1) is 0 Å². The van der Waals surface area contributed by atoms with Crippen molar-refractivity contribution in [3.05, 3.63) is 35.4 Å². The number of rotatable bonds is 3. The van der Waals surface area contributed by atoms with Gasteiger partial charge in [0, 0.05) is 20.2 Å². The molecule has 0 radical (unpaired) electrons. The van der Waals surface area contributed by atoms with Gasteiger partial charge in [-0.15, -0.1) is 0 Å². The van der Waals surface area contributed by atoms with E-state index in [0.717, 1.165) is 13.1 Å². The topological polar surface area (TPSA) is 30.5 Å². The molecule has 0 amide bonds. The van der Waals surface area contributed by atoms with E-state index in [-0.39, 0.29) is 11.7 Å². The molecule has 0 bridgehead atoms. The molecule has 1 aliphatic carbocycles. The maximum absolute atomic E-state index is 6.53. The van der Waals surface area contributed by atoms with Gasteiger partial charge in [-0.25, -0.2) is 0 Å². The molecule has 3 heteroatoms. The summed E-state index contributed by atoms with van der Waals surface area (Å²) in [6.45, 7) is 2.60. The van der Waals surface area contributed by atoms with Crippen LogP contribution in [0.1, 0.15) is 49.3 Å². The highest BCUT2D eigenvalue weighted by Gasteiger charge is 2.38. The zero-order valence-corrected chi connectivity index (χ0v) is 12.4. The summed E-state index contributed by atoms with van der Waals surface area (Å²) in [7, 11) is 1.74. The first-order chi connectivity index (χ1) is 9.81. The summed E-state index contributed by atoms with van der Waals surface area (Å²) in [5, 5.41) is 3.59. The van der Waals surface area contributed by atoms with Crippen LogP contribution in [0.5, 0.6) is 0 Å². The Hall–Kier alpha value is -0.900. The van der Waals surface area contributed by atoms with E-state index in [4.69, 9.17) is 9.47 Å². The van der Waals surface area contributed by atoms with E-state index >= 15 is 0 Å². The highest BCUT2D eigenvalue weighted by molar-refractivity contribution is 5.25. The lowest BCUT2D eigenvalue weighted by Crippen LogP contribution is -2.51. The molecule has 110 valence electrons. The summed E-state index contributed by atoms with van der Waals surface area (Å²) in [5.74, 6) is 0. The smallest absolute Gasteiger partial charge is 0.0957 e. The van der Waals surface area contributed by atoms with Gasteiger partial charge in [0.25, 0.3) is 0 Å². The molecule has 2 fully saturated rings. The van der Waals surface area contributed by atoms with Crippen molar-refractivity contribution in [1.29, 1.82) is 0 Å². The normalized spacial score (nSPS) is 25.8. The van der Waals surface area contributed by atoms with Gasteiger partial charge in [-0.1, -0.05) is 43.5 Å². The van der Waals surface area contributed by atoms with E-state index in [1.54, 1.807) is 7.11 Å². The third-order valence-corrected chi connectivity index (χ3v) is 4.57. The largest absolute Gasteiger partial charge is 0.380 e. The van der Waals surface area contributed by atoms with Gasteiger partial charge in [0.15, 0.2) is 0 Å². The van der Waals surface area contributed by atoms with Crippen LogP contribution < -0.4 is 5.32 Å². The van der Waals surface area contributed by atoms with Crippen molar-refractivity contribution >= 4 is 0 Å². The van der Waals surface area contributed by atoms with Gasteiger partial charge in [-0.05, 0) is 24.0 Å². The maximum atomic E-state index is 6.53. The molecule has 0 aromatic heterocycles. The van der Waals surface area contributed by atoms with Crippen molar-refractivity contribution < 1.29 is 9.47 Å². The van der Waals surface area contributed by atoms with E-state index in [1.165, 1.54) is 43.2 Å². The summed E-state index contributed by atoms with van der Waals surface area (Å²) >= 11 is 0. The summed E-state index contributed by atoms with van der Waals surface area (Å²) in [5.41, 5.74) is 2.58. The van der Waals surface area contributed by atoms with E-state index in [1.807, 2.05) is 0 Å². The second kappa shape index (κ2) is 6.25. The molecule has 1 N–H and O–H groups in total. The molecule has 1 saturated heterocycles. The standard InChI is InChI=1S/C17H25NO2/c1-19-12-14-6-5-7-15(10-14)16-11-18-13-17(20-16)8-3-2-4-9-17/h5-7,10,16,18H,2-4,8-9,11-13H2,1H3. The van der Waals surface area contributed by atoms with Crippen molar-refractivity contribution in [3.8, 4) is 0 Å². The zero-order chi connectivity index (χ0) is 13.8. The quantitative estimate of drug-likeness (QED) is 0.919. The van der Waals surface area contributed by atoms with Crippen molar-refractivity contribution in [3.63, 3.8) is 0 Å². The number of hydrogen-bond acceptors (Lipinski definition) is 3. The van der Waals surface area contributed by atoms with Crippen LogP contribution in [-0.2, 0) is 16.1 Å². The predicted molar refractivity (Wildman–Crippen MR) is 79.7 cm³/mol. The summed E-state index contributed by atoms with van der Waals surface area (Å²) < 4.78 is 11.8. The van der Waals surface area contributed by atoms with Crippen molar-refractivity contribution in [2.45, 2.75) is 50.4 Å². The second-order valence-electron chi connectivity index (χ2n) is 6.16. The maximum Gasteiger partial charge on any atom is 0.0957 e. The lowest BCUT2D eigenvalue weighted by molar-refractivity contribution is -0.135. The second-order valence-corrected chi connectivity index (χ2v) is 6.16. The van der Waals surface area contributed by atoms with Crippen molar-refractivity contribution in [1.82, 2.24) is 5.32 Å². The minimum absolute atomic E-state index is 0.0818. The summed E-state index contributed by atoms with van der Waals surface area (Å²) in [4.78, 5) is 0. The number of nitrogens with one attached hydrogen (secondary N) is 1. The molecule has 1 spiro atoms. The van der Waals surface area contributed by atoms with Crippen LogP contribution in [0.3, 0.4) is 0 Å². The SMILES string of the molecule is COCc1cccc(C2CNCC3(CCCCC3)O2)c1. The van der Waals surface area contributed by atoms with Crippen LogP contribution >= 0.6 is 0 Å². The molecule has 1 aromatic rings. The summed E-state index contributed by atoms with van der Waals surface area (Å²) in [6.07, 6.45) is 6.55. The lowest BCUT2D eigenvalue weighted by Gasteiger charge is -2.44. The Labute approximate surface area is 121 Å². The monoisotopic (exact) mass is 275 g/mol. The third kappa shape index (κ3) is 3.05. The first kappa shape index (κ1) is 14.1. The fourth-order valence-corrected chi connectivity index (χ4v) is 3.54. The van der Waals surface area contributed by atoms with Gasteiger partial charge >= 0.3 is 0 Å². The minimum atomic E-state index is 0.0818. The Bertz CT molecular complexity index is 435. The van der Waals surface area contributed by atoms with Crippen molar-refractivity contribution in [2.75, 3.05) is 20.2 Å². The zero-order valence-electron chi connectivity index (χ0n) is 12.4. The Morgan fingerprint density at radius 2 is 2.15 bits per heavy atom. The Morgan fingerprint density at radius 3 is 2.95 bits per heavy atom. The van der Waals surface area contributed by atoms with Crippen molar-refractivity contribution in [2.24, 2.45) is 0 Å². The Balaban J connectivity index is 1.74. The Morgan fingerprint density at radius 1 is 1.30 bits per heavy atom. The first-order valence-electron chi connectivity index (χ1n) is 7.78. The van der Waals surface area contributed by atoms with Crippen LogP contribution in [0.2, 0.25) is 0 Å². The molecule has 1 aliphatic heterocycles. The van der Waals surface area contributed by atoms with Gasteiger partial charge in [0.1, 0.15) is 0 Å². The molecule has 3 rings (SSSR count). The highest BCUT2D eigenvalue weighted by atomic mass is 16.5. The summed E-state index contributed by atoms with van der Waals surface area (Å²) in [6, 6.07) is 8.61. The van der Waals surface area contributed by atoms with E-state index in [2.05, 4.69) is 29.6 Å². The average Bonchev–Trinajstić information content (AvgIpc) is 2.49. The molecule has 2 aliphatic rings. The molecular weight excluding hydrogens is 250 g/mol. The van der Waals surface area contributed by atoms with Gasteiger partial charge in [-0.2, -0.15) is 0 Å². The first-order valence-corrected chi connectivity index (χ1v) is 7.78. The van der Waals surface area contributed by atoms with E-state index < -0.39 is 0 Å². The number of methoxy groups -OCH3 is 1. The molecule has 3 nitrogen and oxygen atoms in total. The number of hydrogen-bond donors (Lipinski definition) is 1.